The maximum absolute atomic E-state index is 5.42. The molecule has 9 aromatic rings. The first-order chi connectivity index (χ1) is 26.3. The number of fused-ring (bicyclic) bond motifs is 11. The highest BCUT2D eigenvalue weighted by Crippen LogP contribution is 2.45. The molecule has 1 aliphatic heterocycles. The molecule has 0 fully saturated rings. The molecule has 0 spiro atoms. The molecule has 3 heteroatoms. The van der Waals surface area contributed by atoms with Gasteiger partial charge in [-0.2, -0.15) is 0 Å². The average molecular weight is 678 g/mol. The van der Waals surface area contributed by atoms with E-state index in [-0.39, 0.29) is 12.1 Å². The number of benzene rings is 8. The van der Waals surface area contributed by atoms with Gasteiger partial charge in [-0.05, 0) is 74.1 Å². The number of aromatic nitrogens is 1. The molecule has 0 saturated heterocycles. The molecule has 1 N–H and O–H groups in total. The minimum Gasteiger partial charge on any atom is -0.363 e. The van der Waals surface area contributed by atoms with E-state index in [0.29, 0.717) is 0 Å². The van der Waals surface area contributed by atoms with Crippen LogP contribution in [0.4, 0.5) is 0 Å². The zero-order valence-corrected chi connectivity index (χ0v) is 29.1. The Hall–Kier alpha value is -6.71. The van der Waals surface area contributed by atoms with Crippen LogP contribution in [0.3, 0.4) is 0 Å². The summed E-state index contributed by atoms with van der Waals surface area (Å²) in [5, 5.41) is 16.7. The first-order valence-electron chi connectivity index (χ1n) is 18.5. The van der Waals surface area contributed by atoms with Gasteiger partial charge >= 0.3 is 0 Å². The van der Waals surface area contributed by atoms with Crippen molar-refractivity contribution in [2.75, 3.05) is 0 Å². The van der Waals surface area contributed by atoms with Crippen molar-refractivity contribution in [1.82, 2.24) is 9.88 Å². The monoisotopic (exact) mass is 677 g/mol. The third-order valence-electron chi connectivity index (χ3n) is 11.3. The van der Waals surface area contributed by atoms with Crippen LogP contribution in [0, 0.1) is 5.92 Å². The molecule has 0 radical (unpaired) electrons. The SMILES string of the molecule is C1=CC(n2c3ccccc3c3c4c5ccccc5ccc4c4ccccc4c32)=CC(C2N=C(c3ccccc3)C=C(c3ccc4ccccc4c3)N2)C1. The van der Waals surface area contributed by atoms with E-state index in [1.807, 2.05) is 0 Å². The number of allylic oxidation sites excluding steroid dienone is 4. The van der Waals surface area contributed by atoms with Crippen molar-refractivity contribution in [2.24, 2.45) is 10.9 Å². The zero-order valence-electron chi connectivity index (χ0n) is 29.1. The predicted octanol–water partition coefficient (Wildman–Crippen LogP) is 12.3. The molecule has 2 heterocycles. The number of aliphatic imine (C=N–C) groups is 1. The van der Waals surface area contributed by atoms with Crippen LogP contribution >= 0.6 is 0 Å². The quantitative estimate of drug-likeness (QED) is 0.185. The molecule has 250 valence electrons. The first-order valence-corrected chi connectivity index (χ1v) is 18.5. The van der Waals surface area contributed by atoms with E-state index in [9.17, 15) is 0 Å². The Morgan fingerprint density at radius 3 is 2.11 bits per heavy atom. The predicted molar refractivity (Wildman–Crippen MR) is 225 cm³/mol. The summed E-state index contributed by atoms with van der Waals surface area (Å²) in [5.41, 5.74) is 8.04. The molecule has 2 unspecified atom stereocenters. The van der Waals surface area contributed by atoms with Gasteiger partial charge in [-0.25, -0.2) is 0 Å². The summed E-state index contributed by atoms with van der Waals surface area (Å²) in [6, 6.07) is 57.2. The van der Waals surface area contributed by atoms with Crippen molar-refractivity contribution >= 4 is 82.0 Å². The summed E-state index contributed by atoms with van der Waals surface area (Å²) in [6.07, 6.45) is 10.1. The number of hydrogen-bond donors (Lipinski definition) is 1. The number of rotatable bonds is 4. The van der Waals surface area contributed by atoms with Gasteiger partial charge in [0.1, 0.15) is 6.17 Å². The van der Waals surface area contributed by atoms with Crippen molar-refractivity contribution in [2.45, 2.75) is 12.6 Å². The Bertz CT molecular complexity index is 3070. The Morgan fingerprint density at radius 1 is 0.547 bits per heavy atom. The number of hydrogen-bond acceptors (Lipinski definition) is 2. The molecule has 11 rings (SSSR count). The molecule has 2 atom stereocenters. The van der Waals surface area contributed by atoms with Crippen molar-refractivity contribution in [3.63, 3.8) is 0 Å². The van der Waals surface area contributed by atoms with Crippen LogP contribution in [0.1, 0.15) is 17.5 Å². The maximum atomic E-state index is 5.42. The Labute approximate surface area is 307 Å². The molecule has 0 amide bonds. The van der Waals surface area contributed by atoms with E-state index in [4.69, 9.17) is 4.99 Å². The summed E-state index contributed by atoms with van der Waals surface area (Å²) in [5.74, 6) is 0.127. The largest absolute Gasteiger partial charge is 0.363 e. The van der Waals surface area contributed by atoms with Gasteiger partial charge in [0.15, 0.2) is 0 Å². The summed E-state index contributed by atoms with van der Waals surface area (Å²) in [6.45, 7) is 0. The van der Waals surface area contributed by atoms with Crippen LogP contribution in [-0.4, -0.2) is 16.4 Å². The van der Waals surface area contributed by atoms with E-state index >= 15 is 0 Å². The highest BCUT2D eigenvalue weighted by Gasteiger charge is 2.28. The van der Waals surface area contributed by atoms with Gasteiger partial charge in [-0.3, -0.25) is 4.99 Å². The highest BCUT2D eigenvalue weighted by molar-refractivity contribution is 6.37. The summed E-state index contributed by atoms with van der Waals surface area (Å²) < 4.78 is 2.52. The van der Waals surface area contributed by atoms with Crippen LogP contribution in [0.5, 0.6) is 0 Å². The molecule has 8 aromatic carbocycles. The van der Waals surface area contributed by atoms with Crippen molar-refractivity contribution in [1.29, 1.82) is 0 Å². The maximum Gasteiger partial charge on any atom is 0.126 e. The standard InChI is InChI=1S/C50H35N3/c1-2-15-34(16-3-1)44-31-45(36-26-25-32-13-4-5-17-35(32)29-36)52-50(51-44)37-18-12-19-38(30-37)53-46-24-11-10-23-43(46)48-47-39-20-7-6-14-33(39)27-28-41(47)40-21-8-9-22-42(40)49(48)53/h1-17,19-31,37,50,52H,18H2. The van der Waals surface area contributed by atoms with Crippen LogP contribution in [0.2, 0.25) is 0 Å². The zero-order chi connectivity index (χ0) is 34.9. The highest BCUT2D eigenvalue weighted by atomic mass is 15.1. The van der Waals surface area contributed by atoms with Gasteiger partial charge in [0.25, 0.3) is 0 Å². The summed E-state index contributed by atoms with van der Waals surface area (Å²) >= 11 is 0. The lowest BCUT2D eigenvalue weighted by Crippen LogP contribution is -2.37. The summed E-state index contributed by atoms with van der Waals surface area (Å²) in [4.78, 5) is 5.42. The fraction of sp³-hybridized carbons (Fsp3) is 0.0600. The molecule has 1 aliphatic carbocycles. The Morgan fingerprint density at radius 2 is 1.25 bits per heavy atom. The average Bonchev–Trinajstić information content (AvgIpc) is 3.59. The molecule has 53 heavy (non-hydrogen) atoms. The van der Waals surface area contributed by atoms with Crippen LogP contribution < -0.4 is 5.32 Å². The Kier molecular flexibility index (Phi) is 6.75. The van der Waals surface area contributed by atoms with Crippen LogP contribution in [0.25, 0.3) is 76.3 Å². The fourth-order valence-electron chi connectivity index (χ4n) is 8.81. The normalized spacial score (nSPS) is 17.4. The van der Waals surface area contributed by atoms with E-state index in [0.717, 1.165) is 23.4 Å². The lowest BCUT2D eigenvalue weighted by molar-refractivity contribution is 0.470. The Balaban J connectivity index is 1.12. The molecule has 2 aliphatic rings. The van der Waals surface area contributed by atoms with Gasteiger partial charge in [-0.15, -0.1) is 0 Å². The second-order valence-electron chi connectivity index (χ2n) is 14.3. The second-order valence-corrected chi connectivity index (χ2v) is 14.3. The smallest absolute Gasteiger partial charge is 0.126 e. The van der Waals surface area contributed by atoms with Crippen LogP contribution in [-0.2, 0) is 0 Å². The van der Waals surface area contributed by atoms with Crippen molar-refractivity contribution in [3.8, 4) is 0 Å². The second kappa shape index (κ2) is 11.9. The van der Waals surface area contributed by atoms with E-state index in [1.165, 1.54) is 76.2 Å². The van der Waals surface area contributed by atoms with Crippen molar-refractivity contribution < 1.29 is 0 Å². The molecular formula is C50H35N3. The van der Waals surface area contributed by atoms with E-state index in [2.05, 4.69) is 192 Å². The molecule has 0 saturated carbocycles. The minimum absolute atomic E-state index is 0.127. The molecule has 3 nitrogen and oxygen atoms in total. The van der Waals surface area contributed by atoms with E-state index < -0.39 is 0 Å². The lowest BCUT2D eigenvalue weighted by Gasteiger charge is -2.30. The summed E-state index contributed by atoms with van der Waals surface area (Å²) in [7, 11) is 0. The van der Waals surface area contributed by atoms with Gasteiger partial charge in [0.2, 0.25) is 0 Å². The van der Waals surface area contributed by atoms with Gasteiger partial charge in [0.05, 0.1) is 16.7 Å². The topological polar surface area (TPSA) is 29.3 Å². The van der Waals surface area contributed by atoms with Gasteiger partial charge in [-0.1, -0.05) is 158 Å². The first kappa shape index (κ1) is 30.0. The number of nitrogens with one attached hydrogen (secondary N) is 1. The molecule has 1 aromatic heterocycles. The lowest BCUT2D eigenvalue weighted by atomic mass is 9.92. The van der Waals surface area contributed by atoms with Gasteiger partial charge in [0, 0.05) is 38.9 Å². The van der Waals surface area contributed by atoms with Gasteiger partial charge < -0.3 is 9.88 Å². The fourth-order valence-corrected chi connectivity index (χ4v) is 8.81. The van der Waals surface area contributed by atoms with E-state index in [1.54, 1.807) is 0 Å². The third kappa shape index (κ3) is 4.78. The number of para-hydroxylation sites is 1. The van der Waals surface area contributed by atoms with Crippen molar-refractivity contribution in [3.05, 3.63) is 193 Å². The molecule has 0 bridgehead atoms. The third-order valence-corrected chi connectivity index (χ3v) is 11.3. The molecular weight excluding hydrogens is 643 g/mol. The van der Waals surface area contributed by atoms with Crippen LogP contribution in [0.15, 0.2) is 187 Å². The minimum atomic E-state index is -0.147. The number of nitrogens with zero attached hydrogens (tertiary/aromatic N) is 2.